The van der Waals surface area contributed by atoms with Crippen molar-refractivity contribution >= 4 is 6.01 Å². The minimum Gasteiger partial charge on any atom is -0.407 e. The lowest BCUT2D eigenvalue weighted by Crippen LogP contribution is -2.17. The van der Waals surface area contributed by atoms with Gasteiger partial charge in [-0.05, 0) is 19.4 Å². The van der Waals surface area contributed by atoms with E-state index in [1.807, 2.05) is 0 Å². The Morgan fingerprint density at radius 3 is 2.86 bits per heavy atom. The number of nitrogens with zero attached hydrogens (tertiary/aromatic N) is 3. The van der Waals surface area contributed by atoms with Crippen LogP contribution < -0.4 is 10.2 Å². The quantitative estimate of drug-likeness (QED) is 0.771. The Balaban J connectivity index is 1.94. The Morgan fingerprint density at radius 1 is 1.36 bits per heavy atom. The fraction of sp³-hybridized carbons (Fsp3) is 0.778. The molecule has 0 atom stereocenters. The van der Waals surface area contributed by atoms with E-state index >= 15 is 0 Å². The van der Waals surface area contributed by atoms with Gasteiger partial charge in [0.15, 0.2) is 0 Å². The van der Waals surface area contributed by atoms with Crippen molar-refractivity contribution in [3.63, 3.8) is 0 Å². The second kappa shape index (κ2) is 4.41. The van der Waals surface area contributed by atoms with Gasteiger partial charge < -0.3 is 14.6 Å². The van der Waals surface area contributed by atoms with Crippen LogP contribution in [0.5, 0.6) is 0 Å². The van der Waals surface area contributed by atoms with Gasteiger partial charge in [0.05, 0.1) is 6.54 Å². The highest BCUT2D eigenvalue weighted by atomic mass is 16.4. The maximum Gasteiger partial charge on any atom is 0.318 e. The smallest absolute Gasteiger partial charge is 0.318 e. The first-order valence-electron chi connectivity index (χ1n) is 5.18. The molecule has 1 aromatic rings. The lowest BCUT2D eigenvalue weighted by atomic mass is 10.4. The van der Waals surface area contributed by atoms with Crippen LogP contribution in [0.1, 0.15) is 25.7 Å². The summed E-state index contributed by atoms with van der Waals surface area (Å²) in [6, 6.07) is 0.676. The molecule has 2 rings (SSSR count). The molecule has 0 unspecified atom stereocenters. The van der Waals surface area contributed by atoms with Crippen LogP contribution in [-0.2, 0) is 6.54 Å². The largest absolute Gasteiger partial charge is 0.407 e. The van der Waals surface area contributed by atoms with Gasteiger partial charge in [-0.25, -0.2) is 0 Å². The Morgan fingerprint density at radius 2 is 2.14 bits per heavy atom. The van der Waals surface area contributed by atoms with Crippen LogP contribution in [0.25, 0.3) is 0 Å². The molecule has 0 radical (unpaired) electrons. The third-order valence-corrected chi connectivity index (χ3v) is 2.36. The van der Waals surface area contributed by atoms with Crippen LogP contribution >= 0.6 is 0 Å². The van der Waals surface area contributed by atoms with E-state index in [1.54, 1.807) is 0 Å². The van der Waals surface area contributed by atoms with Crippen LogP contribution in [0.3, 0.4) is 0 Å². The highest BCUT2D eigenvalue weighted by molar-refractivity contribution is 5.25. The summed E-state index contributed by atoms with van der Waals surface area (Å²) >= 11 is 0. The van der Waals surface area contributed by atoms with Crippen molar-refractivity contribution in [1.29, 1.82) is 0 Å². The van der Waals surface area contributed by atoms with Crippen LogP contribution in [-0.4, -0.2) is 29.8 Å². The van der Waals surface area contributed by atoms with Gasteiger partial charge in [0, 0.05) is 13.1 Å². The minimum atomic E-state index is 0.664. The molecule has 78 valence electrons. The standard InChI is InChI=1S/C9H16N4O/c1-2-10-7-8-11-12-9(14-8)13-5-3-4-6-13/h10H,2-7H2,1H3. The second-order valence-corrected chi connectivity index (χ2v) is 3.45. The van der Waals surface area contributed by atoms with Crippen LogP contribution in [0.15, 0.2) is 4.42 Å². The number of hydrogen-bond acceptors (Lipinski definition) is 5. The van der Waals surface area contributed by atoms with Crippen LogP contribution in [0, 0.1) is 0 Å². The summed E-state index contributed by atoms with van der Waals surface area (Å²) in [5, 5.41) is 11.2. The summed E-state index contributed by atoms with van der Waals surface area (Å²) in [6.07, 6.45) is 2.45. The van der Waals surface area contributed by atoms with E-state index < -0.39 is 0 Å². The van der Waals surface area contributed by atoms with Crippen molar-refractivity contribution in [2.45, 2.75) is 26.3 Å². The topological polar surface area (TPSA) is 54.2 Å². The number of rotatable bonds is 4. The Kier molecular flexibility index (Phi) is 2.98. The van der Waals surface area contributed by atoms with Crippen molar-refractivity contribution in [3.05, 3.63) is 5.89 Å². The average Bonchev–Trinajstić information content (AvgIpc) is 2.85. The molecule has 0 amide bonds. The number of anilines is 1. The van der Waals surface area contributed by atoms with Crippen molar-refractivity contribution < 1.29 is 4.42 Å². The summed E-state index contributed by atoms with van der Waals surface area (Å²) in [6.45, 7) is 5.72. The molecule has 0 saturated carbocycles. The van der Waals surface area contributed by atoms with Gasteiger partial charge in [0.25, 0.3) is 0 Å². The highest BCUT2D eigenvalue weighted by Gasteiger charge is 2.17. The molecule has 1 fully saturated rings. The summed E-state index contributed by atoms with van der Waals surface area (Å²) in [5.41, 5.74) is 0. The van der Waals surface area contributed by atoms with Gasteiger partial charge >= 0.3 is 6.01 Å². The summed E-state index contributed by atoms with van der Waals surface area (Å²) in [7, 11) is 0. The van der Waals surface area contributed by atoms with Crippen molar-refractivity contribution in [2.24, 2.45) is 0 Å². The van der Waals surface area contributed by atoms with E-state index in [1.165, 1.54) is 12.8 Å². The van der Waals surface area contributed by atoms with Crippen LogP contribution in [0.4, 0.5) is 6.01 Å². The van der Waals surface area contributed by atoms with E-state index in [-0.39, 0.29) is 0 Å². The SMILES string of the molecule is CCNCc1nnc(N2CCCC2)o1. The maximum atomic E-state index is 5.51. The molecule has 1 saturated heterocycles. The Hall–Kier alpha value is -1.10. The molecule has 0 spiro atoms. The lowest BCUT2D eigenvalue weighted by molar-refractivity contribution is 0.470. The third kappa shape index (κ3) is 2.04. The molecule has 5 nitrogen and oxygen atoms in total. The second-order valence-electron chi connectivity index (χ2n) is 3.45. The number of aromatic nitrogens is 2. The zero-order valence-corrected chi connectivity index (χ0v) is 8.49. The van der Waals surface area contributed by atoms with Crippen molar-refractivity contribution in [3.8, 4) is 0 Å². The first-order valence-corrected chi connectivity index (χ1v) is 5.18. The van der Waals surface area contributed by atoms with E-state index in [0.29, 0.717) is 18.5 Å². The number of nitrogens with one attached hydrogen (secondary N) is 1. The normalized spacial score (nSPS) is 16.5. The van der Waals surface area contributed by atoms with Crippen molar-refractivity contribution in [2.75, 3.05) is 24.5 Å². The molecule has 2 heterocycles. The Bertz CT molecular complexity index is 280. The van der Waals surface area contributed by atoms with Gasteiger partial charge in [0.2, 0.25) is 5.89 Å². The van der Waals surface area contributed by atoms with E-state index in [9.17, 15) is 0 Å². The van der Waals surface area contributed by atoms with E-state index in [0.717, 1.165) is 19.6 Å². The molecule has 0 aromatic carbocycles. The highest BCUT2D eigenvalue weighted by Crippen LogP contribution is 2.17. The third-order valence-electron chi connectivity index (χ3n) is 2.36. The summed E-state index contributed by atoms with van der Waals surface area (Å²) in [5.74, 6) is 0.675. The lowest BCUT2D eigenvalue weighted by Gasteiger charge is -2.09. The van der Waals surface area contributed by atoms with Gasteiger partial charge in [-0.2, -0.15) is 0 Å². The van der Waals surface area contributed by atoms with E-state index in [2.05, 4.69) is 27.3 Å². The maximum absolute atomic E-state index is 5.51. The van der Waals surface area contributed by atoms with Gasteiger partial charge in [0.1, 0.15) is 0 Å². The molecule has 14 heavy (non-hydrogen) atoms. The van der Waals surface area contributed by atoms with Gasteiger partial charge in [-0.1, -0.05) is 12.0 Å². The molecule has 1 aliphatic heterocycles. The first kappa shape index (κ1) is 9.45. The van der Waals surface area contributed by atoms with Gasteiger partial charge in [-0.3, -0.25) is 0 Å². The molecule has 0 bridgehead atoms. The molecule has 1 N–H and O–H groups in total. The average molecular weight is 196 g/mol. The zero-order valence-electron chi connectivity index (χ0n) is 8.49. The molecule has 1 aliphatic rings. The predicted molar refractivity (Wildman–Crippen MR) is 53.1 cm³/mol. The molecular formula is C9H16N4O. The van der Waals surface area contributed by atoms with Crippen molar-refractivity contribution in [1.82, 2.24) is 15.5 Å². The predicted octanol–water partition coefficient (Wildman–Crippen LogP) is 0.779. The zero-order chi connectivity index (χ0) is 9.80. The van der Waals surface area contributed by atoms with Crippen LogP contribution in [0.2, 0.25) is 0 Å². The fourth-order valence-corrected chi connectivity index (χ4v) is 1.58. The molecule has 0 aliphatic carbocycles. The number of hydrogen-bond donors (Lipinski definition) is 1. The molecule has 1 aromatic heterocycles. The summed E-state index contributed by atoms with van der Waals surface area (Å²) < 4.78 is 5.51. The van der Waals surface area contributed by atoms with E-state index in [4.69, 9.17) is 4.42 Å². The molecular weight excluding hydrogens is 180 g/mol. The minimum absolute atomic E-state index is 0.664. The molecule has 5 heteroatoms. The monoisotopic (exact) mass is 196 g/mol. The van der Waals surface area contributed by atoms with Gasteiger partial charge in [-0.15, -0.1) is 5.10 Å². The Labute approximate surface area is 83.5 Å². The first-order chi connectivity index (χ1) is 6.90. The fourth-order valence-electron chi connectivity index (χ4n) is 1.58. The summed E-state index contributed by atoms with van der Waals surface area (Å²) in [4.78, 5) is 2.14.